The van der Waals surface area contributed by atoms with Crippen LogP contribution in [-0.2, 0) is 11.2 Å². The SMILES string of the molecule is CCC(CC)(C(=O)Cc1ccc(C)cc1Cl)N1CCCC1. The van der Waals surface area contributed by atoms with Crippen molar-refractivity contribution < 1.29 is 4.79 Å². The summed E-state index contributed by atoms with van der Waals surface area (Å²) in [6.07, 6.45) is 4.62. The van der Waals surface area contributed by atoms with Gasteiger partial charge in [0.25, 0.3) is 0 Å². The van der Waals surface area contributed by atoms with Gasteiger partial charge < -0.3 is 0 Å². The maximum Gasteiger partial charge on any atom is 0.157 e. The van der Waals surface area contributed by atoms with Crippen molar-refractivity contribution in [1.29, 1.82) is 0 Å². The van der Waals surface area contributed by atoms with E-state index in [9.17, 15) is 4.79 Å². The number of carbonyl (C=O) groups excluding carboxylic acids is 1. The van der Waals surface area contributed by atoms with E-state index in [0.717, 1.165) is 37.1 Å². The van der Waals surface area contributed by atoms with Gasteiger partial charge in [0, 0.05) is 11.4 Å². The summed E-state index contributed by atoms with van der Waals surface area (Å²) in [6.45, 7) is 8.39. The lowest BCUT2D eigenvalue weighted by molar-refractivity contribution is -0.130. The van der Waals surface area contributed by atoms with Crippen molar-refractivity contribution in [3.05, 3.63) is 34.3 Å². The van der Waals surface area contributed by atoms with Crippen molar-refractivity contribution in [1.82, 2.24) is 4.90 Å². The summed E-state index contributed by atoms with van der Waals surface area (Å²) in [4.78, 5) is 15.4. The second-order valence-corrected chi connectivity index (χ2v) is 6.53. The number of carbonyl (C=O) groups is 1. The van der Waals surface area contributed by atoms with Crippen LogP contribution in [0.4, 0.5) is 0 Å². The monoisotopic (exact) mass is 307 g/mol. The first-order valence-corrected chi connectivity index (χ1v) is 8.44. The minimum atomic E-state index is -0.301. The molecule has 1 fully saturated rings. The minimum Gasteiger partial charge on any atom is -0.297 e. The van der Waals surface area contributed by atoms with Gasteiger partial charge in [-0.1, -0.05) is 37.6 Å². The van der Waals surface area contributed by atoms with Crippen molar-refractivity contribution >= 4 is 17.4 Å². The molecule has 0 unspecified atom stereocenters. The minimum absolute atomic E-state index is 0.301. The van der Waals surface area contributed by atoms with Gasteiger partial charge in [0.1, 0.15) is 0 Å². The molecule has 1 aliphatic rings. The highest BCUT2D eigenvalue weighted by Gasteiger charge is 2.41. The zero-order chi connectivity index (χ0) is 15.5. The van der Waals surface area contributed by atoms with Gasteiger partial charge >= 0.3 is 0 Å². The molecule has 1 heterocycles. The van der Waals surface area contributed by atoms with Crippen LogP contribution in [0.2, 0.25) is 5.02 Å². The quantitative estimate of drug-likeness (QED) is 0.775. The molecule has 0 radical (unpaired) electrons. The lowest BCUT2D eigenvalue weighted by Crippen LogP contribution is -2.53. The number of likely N-dealkylation sites (tertiary alicyclic amines) is 1. The van der Waals surface area contributed by atoms with Gasteiger partial charge in [-0.05, 0) is 62.9 Å². The second-order valence-electron chi connectivity index (χ2n) is 6.13. The summed E-state index contributed by atoms with van der Waals surface area (Å²) in [5.74, 6) is 0.320. The molecule has 0 atom stereocenters. The zero-order valence-corrected chi connectivity index (χ0v) is 14.2. The van der Waals surface area contributed by atoms with Gasteiger partial charge in [0.2, 0.25) is 0 Å². The molecule has 2 rings (SSSR count). The lowest BCUT2D eigenvalue weighted by Gasteiger charge is -2.39. The van der Waals surface area contributed by atoms with Crippen LogP contribution >= 0.6 is 11.6 Å². The third-order valence-electron chi connectivity index (χ3n) is 4.96. The van der Waals surface area contributed by atoms with E-state index in [0.29, 0.717) is 17.2 Å². The first kappa shape index (κ1) is 16.5. The van der Waals surface area contributed by atoms with E-state index < -0.39 is 0 Å². The predicted octanol–water partition coefficient (Wildman–Crippen LogP) is 4.41. The number of halogens is 1. The molecule has 116 valence electrons. The maximum atomic E-state index is 13.0. The van der Waals surface area contributed by atoms with E-state index >= 15 is 0 Å². The van der Waals surface area contributed by atoms with E-state index in [1.165, 1.54) is 12.8 Å². The fourth-order valence-electron chi connectivity index (χ4n) is 3.55. The Labute approximate surface area is 133 Å². The zero-order valence-electron chi connectivity index (χ0n) is 13.4. The molecule has 0 bridgehead atoms. The number of nitrogens with zero attached hydrogens (tertiary/aromatic N) is 1. The molecule has 3 heteroatoms. The van der Waals surface area contributed by atoms with Crippen LogP contribution < -0.4 is 0 Å². The average Bonchev–Trinajstić information content (AvgIpc) is 2.99. The summed E-state index contributed by atoms with van der Waals surface area (Å²) in [6, 6.07) is 5.97. The van der Waals surface area contributed by atoms with Gasteiger partial charge in [0.05, 0.1) is 5.54 Å². The lowest BCUT2D eigenvalue weighted by atomic mass is 9.83. The molecule has 0 aromatic heterocycles. The van der Waals surface area contributed by atoms with Crippen LogP contribution in [0.15, 0.2) is 18.2 Å². The average molecular weight is 308 g/mol. The first-order chi connectivity index (χ1) is 10.0. The molecular weight excluding hydrogens is 282 g/mol. The molecule has 1 aromatic carbocycles. The number of Topliss-reactive ketones (excluding diaryl/α,β-unsaturated/α-hetero) is 1. The van der Waals surface area contributed by atoms with Crippen LogP contribution in [0.1, 0.15) is 50.7 Å². The van der Waals surface area contributed by atoms with Gasteiger partial charge in [-0.3, -0.25) is 9.69 Å². The Balaban J connectivity index is 2.22. The summed E-state index contributed by atoms with van der Waals surface area (Å²) >= 11 is 6.30. The molecular formula is C18H26ClNO. The molecule has 1 aromatic rings. The van der Waals surface area contributed by atoms with Crippen molar-refractivity contribution in [2.45, 2.75) is 58.4 Å². The fourth-order valence-corrected chi connectivity index (χ4v) is 3.85. The van der Waals surface area contributed by atoms with Crippen LogP contribution in [0.3, 0.4) is 0 Å². The van der Waals surface area contributed by atoms with Gasteiger partial charge in [-0.15, -0.1) is 0 Å². The number of hydrogen-bond donors (Lipinski definition) is 0. The Bertz CT molecular complexity index is 502. The number of hydrogen-bond acceptors (Lipinski definition) is 2. The van der Waals surface area contributed by atoms with Gasteiger partial charge in [-0.2, -0.15) is 0 Å². The van der Waals surface area contributed by atoms with E-state index in [1.807, 2.05) is 25.1 Å². The van der Waals surface area contributed by atoms with Crippen molar-refractivity contribution in [3.8, 4) is 0 Å². The van der Waals surface area contributed by atoms with E-state index in [2.05, 4.69) is 18.7 Å². The molecule has 1 saturated heterocycles. The molecule has 0 aliphatic carbocycles. The van der Waals surface area contributed by atoms with Gasteiger partial charge in [0.15, 0.2) is 5.78 Å². The summed E-state index contributed by atoms with van der Waals surface area (Å²) in [5, 5.41) is 0.714. The summed E-state index contributed by atoms with van der Waals surface area (Å²) in [5.41, 5.74) is 1.79. The smallest absolute Gasteiger partial charge is 0.157 e. The number of aryl methyl sites for hydroxylation is 1. The maximum absolute atomic E-state index is 13.0. The number of benzene rings is 1. The highest BCUT2D eigenvalue weighted by atomic mass is 35.5. The molecule has 21 heavy (non-hydrogen) atoms. The van der Waals surface area contributed by atoms with Crippen LogP contribution in [0, 0.1) is 6.92 Å². The van der Waals surface area contributed by atoms with E-state index in [-0.39, 0.29) is 5.54 Å². The number of ketones is 1. The Morgan fingerprint density at radius 1 is 1.24 bits per heavy atom. The Hall–Kier alpha value is -0.860. The van der Waals surface area contributed by atoms with E-state index in [4.69, 9.17) is 11.6 Å². The molecule has 1 aliphatic heterocycles. The van der Waals surface area contributed by atoms with Crippen LogP contribution in [0.25, 0.3) is 0 Å². The second kappa shape index (κ2) is 6.93. The standard InChI is InChI=1S/C18H26ClNO/c1-4-18(5-2,20-10-6-7-11-20)17(21)13-15-9-8-14(3)12-16(15)19/h8-9,12H,4-7,10-11,13H2,1-3H3. The third-order valence-corrected chi connectivity index (χ3v) is 5.31. The first-order valence-electron chi connectivity index (χ1n) is 8.07. The molecule has 2 nitrogen and oxygen atoms in total. The Morgan fingerprint density at radius 2 is 1.86 bits per heavy atom. The summed E-state index contributed by atoms with van der Waals surface area (Å²) < 4.78 is 0. The Kier molecular flexibility index (Phi) is 5.45. The van der Waals surface area contributed by atoms with Crippen LogP contribution in [0.5, 0.6) is 0 Å². The fraction of sp³-hybridized carbons (Fsp3) is 0.611. The highest BCUT2D eigenvalue weighted by Crippen LogP contribution is 2.31. The predicted molar refractivity (Wildman–Crippen MR) is 89.0 cm³/mol. The third kappa shape index (κ3) is 3.32. The largest absolute Gasteiger partial charge is 0.297 e. The highest BCUT2D eigenvalue weighted by molar-refractivity contribution is 6.31. The summed E-state index contributed by atoms with van der Waals surface area (Å²) in [7, 11) is 0. The number of rotatable bonds is 6. The van der Waals surface area contributed by atoms with Crippen molar-refractivity contribution in [2.75, 3.05) is 13.1 Å². The normalized spacial score (nSPS) is 16.4. The Morgan fingerprint density at radius 3 is 2.38 bits per heavy atom. The van der Waals surface area contributed by atoms with E-state index in [1.54, 1.807) is 0 Å². The topological polar surface area (TPSA) is 20.3 Å². The molecule has 0 saturated carbocycles. The van der Waals surface area contributed by atoms with Gasteiger partial charge in [-0.25, -0.2) is 0 Å². The van der Waals surface area contributed by atoms with Crippen molar-refractivity contribution in [3.63, 3.8) is 0 Å². The van der Waals surface area contributed by atoms with Crippen LogP contribution in [-0.4, -0.2) is 29.3 Å². The molecule has 0 N–H and O–H groups in total. The van der Waals surface area contributed by atoms with Crippen molar-refractivity contribution in [2.24, 2.45) is 0 Å². The molecule has 0 spiro atoms. The molecule has 0 amide bonds.